The molecule has 3 N–H and O–H groups in total. The van der Waals surface area contributed by atoms with Crippen LogP contribution in [0.1, 0.15) is 81.9 Å². The predicted molar refractivity (Wildman–Crippen MR) is 250 cm³/mol. The average Bonchev–Trinajstić information content (AvgIpc) is 3.52. The van der Waals surface area contributed by atoms with E-state index in [0.717, 1.165) is 75.8 Å². The smallest absolute Gasteiger partial charge is 0.388 e. The van der Waals surface area contributed by atoms with Crippen molar-refractivity contribution in [3.8, 4) is 0 Å². The molecule has 0 radical (unpaired) electrons. The van der Waals surface area contributed by atoms with Crippen molar-refractivity contribution >= 4 is 62.2 Å². The van der Waals surface area contributed by atoms with Gasteiger partial charge in [0.1, 0.15) is 17.4 Å². The minimum Gasteiger partial charge on any atom is -0.388 e. The van der Waals surface area contributed by atoms with Gasteiger partial charge < -0.3 is 20.2 Å². The summed E-state index contributed by atoms with van der Waals surface area (Å²) in [5, 5.41) is 15.9. The lowest BCUT2D eigenvalue weighted by Gasteiger charge is -2.62. The van der Waals surface area contributed by atoms with Crippen LogP contribution < -0.4 is 26.1 Å². The molecule has 2 aromatic carbocycles. The number of benzene rings is 2. The fraction of sp³-hybridized carbons (Fsp3) is 0.574. The summed E-state index contributed by atoms with van der Waals surface area (Å²) in [4.78, 5) is 55.2. The number of piperazine rings is 1. The number of aliphatic hydroxyl groups is 1. The lowest BCUT2D eigenvalue weighted by atomic mass is 9.74. The van der Waals surface area contributed by atoms with Crippen molar-refractivity contribution in [1.82, 2.24) is 34.2 Å². The van der Waals surface area contributed by atoms with Crippen molar-refractivity contribution in [2.24, 2.45) is 23.3 Å². The number of alkyl halides is 3. The van der Waals surface area contributed by atoms with E-state index in [9.17, 15) is 41.1 Å². The monoisotopic (exact) mass is 961 g/mol. The van der Waals surface area contributed by atoms with E-state index in [-0.39, 0.29) is 47.1 Å². The number of hydrogen-bond donors (Lipinski definition) is 3. The van der Waals surface area contributed by atoms with E-state index in [1.807, 2.05) is 18.2 Å². The van der Waals surface area contributed by atoms with Crippen LogP contribution in [0.5, 0.6) is 0 Å². The van der Waals surface area contributed by atoms with Crippen molar-refractivity contribution in [2.75, 3.05) is 60.9 Å². The van der Waals surface area contributed by atoms with Gasteiger partial charge >= 0.3 is 11.9 Å². The molecular weight excluding hydrogens is 904 g/mol. The Morgan fingerprint density at radius 1 is 1.00 bits per heavy atom. The van der Waals surface area contributed by atoms with Gasteiger partial charge in [-0.15, -0.1) is 0 Å². The summed E-state index contributed by atoms with van der Waals surface area (Å²) < 4.78 is 75.8. The highest BCUT2D eigenvalue weighted by atomic mass is 32.2. The Labute approximate surface area is 392 Å². The zero-order valence-corrected chi connectivity index (χ0v) is 39.3. The summed E-state index contributed by atoms with van der Waals surface area (Å²) in [7, 11) is -2.26. The molecule has 6 aliphatic heterocycles. The number of piperidine rings is 4. The Balaban J connectivity index is 0.699. The van der Waals surface area contributed by atoms with Gasteiger partial charge in [0.25, 0.3) is 10.0 Å². The minimum atomic E-state index is -4.70. The highest BCUT2D eigenvalue weighted by molar-refractivity contribution is 7.90. The highest BCUT2D eigenvalue weighted by Gasteiger charge is 2.50. The summed E-state index contributed by atoms with van der Waals surface area (Å²) in [6.45, 7) is 8.38. The lowest BCUT2D eigenvalue weighted by Crippen LogP contribution is -2.72. The van der Waals surface area contributed by atoms with Crippen molar-refractivity contribution in [2.45, 2.75) is 112 Å². The molecule has 7 aliphatic rings. The van der Waals surface area contributed by atoms with Crippen molar-refractivity contribution in [1.29, 1.82) is 0 Å². The fourth-order valence-electron chi connectivity index (χ4n) is 11.6. The largest absolute Gasteiger partial charge is 0.421 e. The molecule has 2 amide bonds. The molecule has 364 valence electrons. The quantitative estimate of drug-likeness (QED) is 0.138. The Morgan fingerprint density at radius 2 is 1.75 bits per heavy atom. The number of rotatable bonds is 11. The first-order valence-corrected chi connectivity index (χ1v) is 25.1. The molecule has 1 aliphatic carbocycles. The number of fused-ring (bicyclic) bond motifs is 3. The second-order valence-electron chi connectivity index (χ2n) is 20.1. The summed E-state index contributed by atoms with van der Waals surface area (Å²) in [5.41, 5.74) is 1.01. The number of aryl methyl sites for hydroxylation is 2. The average molecular weight is 962 g/mol. The number of carbonyl (C=O) groups excluding carboxylic acids is 2. The first kappa shape index (κ1) is 46.4. The van der Waals surface area contributed by atoms with E-state index in [1.165, 1.54) is 29.5 Å². The highest BCUT2D eigenvalue weighted by Crippen LogP contribution is 2.43. The molecule has 6 saturated heterocycles. The maximum absolute atomic E-state index is 14.0. The van der Waals surface area contributed by atoms with Gasteiger partial charge in [-0.25, -0.2) is 9.78 Å². The molecule has 3 unspecified atom stereocenters. The Bertz CT molecular complexity index is 2820. The van der Waals surface area contributed by atoms with Gasteiger partial charge in [0.05, 0.1) is 27.2 Å². The Kier molecular flexibility index (Phi) is 12.0. The van der Waals surface area contributed by atoms with Crippen LogP contribution in [0, 0.1) is 18.8 Å². The van der Waals surface area contributed by atoms with Gasteiger partial charge in [0, 0.05) is 95.5 Å². The third kappa shape index (κ3) is 8.90. The Morgan fingerprint density at radius 3 is 2.44 bits per heavy atom. The van der Waals surface area contributed by atoms with E-state index < -0.39 is 39.3 Å². The van der Waals surface area contributed by atoms with Crippen LogP contribution in [-0.4, -0.2) is 130 Å². The number of halogens is 3. The van der Waals surface area contributed by atoms with Crippen molar-refractivity contribution in [3.05, 3.63) is 64.2 Å². The van der Waals surface area contributed by atoms with Gasteiger partial charge in [-0.05, 0) is 113 Å². The van der Waals surface area contributed by atoms with E-state index in [2.05, 4.69) is 39.7 Å². The first-order chi connectivity index (χ1) is 32.3. The van der Waals surface area contributed by atoms with Crippen LogP contribution in [0.15, 0.2) is 56.7 Å². The van der Waals surface area contributed by atoms with Crippen molar-refractivity contribution < 1.29 is 36.3 Å². The van der Waals surface area contributed by atoms with Gasteiger partial charge in [0.15, 0.2) is 0 Å². The van der Waals surface area contributed by atoms with E-state index in [4.69, 9.17) is 0 Å². The number of nitrogens with one attached hydrogen (secondary N) is 2. The zero-order valence-electron chi connectivity index (χ0n) is 38.5. The number of carbonyl (C=O) groups is 2. The first-order valence-electron chi connectivity index (χ1n) is 23.7. The number of imidazole rings is 1. The number of aromatic nitrogens is 4. The van der Waals surface area contributed by atoms with Crippen LogP contribution in [0.2, 0.25) is 0 Å². The number of para-hydroxylation sites is 1. The minimum absolute atomic E-state index is 0.00586. The molecule has 2 bridgehead atoms. The lowest BCUT2D eigenvalue weighted by molar-refractivity contribution is -0.138. The molecule has 11 rings (SSSR count). The molecule has 4 atom stereocenters. The second kappa shape index (κ2) is 17.5. The molecule has 2 aromatic heterocycles. The van der Waals surface area contributed by atoms with E-state index >= 15 is 0 Å². The molecule has 0 spiro atoms. The normalized spacial score (nSPS) is 27.7. The fourth-order valence-corrected chi connectivity index (χ4v) is 12.7. The summed E-state index contributed by atoms with van der Waals surface area (Å²) in [5.74, 6) is -0.554. The van der Waals surface area contributed by atoms with Crippen LogP contribution in [-0.2, 0) is 32.8 Å². The van der Waals surface area contributed by atoms with Crippen LogP contribution >= 0.6 is 0 Å². The number of hydrogen-bond acceptors (Lipinski definition) is 13. The molecular formula is C47H58F3N11O6S. The molecule has 17 nitrogen and oxygen atoms in total. The third-order valence-electron chi connectivity index (χ3n) is 15.2. The number of nitrogens with zero attached hydrogens (tertiary/aromatic N) is 9. The topological polar surface area (TPSA) is 191 Å². The second-order valence-corrected chi connectivity index (χ2v) is 21.8. The zero-order chi connectivity index (χ0) is 47.9. The number of sulfonamides is 1. The summed E-state index contributed by atoms with van der Waals surface area (Å²) >= 11 is 0. The molecule has 7 fully saturated rings. The van der Waals surface area contributed by atoms with Crippen LogP contribution in [0.25, 0.3) is 11.0 Å². The van der Waals surface area contributed by atoms with Gasteiger partial charge in [-0.1, -0.05) is 6.07 Å². The molecule has 1 saturated carbocycles. The molecule has 21 heteroatoms. The van der Waals surface area contributed by atoms with Gasteiger partial charge in [-0.2, -0.15) is 31.0 Å². The number of anilines is 4. The standard InChI is InChI=1S/C47H58F3N11O6S/c1-28-18-34(8-9-36(28)53-44-51-23-35(47(48,49)50)42(55-44)59-15-5-14-46(2,65)27-59)68(66,67)52-22-30-19-31(20-30)60-32-21-33(60)26-57(25-32)24-29-12-16-58(17-13-29)37-6-4-7-38-41(37)56(3)45(64)61(38)39-10-11-40(62)54-43(39)63/h4,6-9,18,22-23,29-33,39,65H,5,10-17,19-21,24-27H2,1-3H3,(H,51,53,55)(H,54,62,63)/b52-22+/t30?,31?,32?,33?,39?,46-/m0/s1. The molecule has 68 heavy (non-hydrogen) atoms. The predicted octanol–water partition coefficient (Wildman–Crippen LogP) is 4.74. The van der Waals surface area contributed by atoms with E-state index in [0.29, 0.717) is 66.6 Å². The van der Waals surface area contributed by atoms with E-state index in [1.54, 1.807) is 36.2 Å². The third-order valence-corrected chi connectivity index (χ3v) is 16.4. The van der Waals surface area contributed by atoms with Crippen LogP contribution in [0.4, 0.5) is 36.3 Å². The molecule has 8 heterocycles. The van der Waals surface area contributed by atoms with Crippen molar-refractivity contribution in [3.63, 3.8) is 0 Å². The maximum atomic E-state index is 14.0. The number of β-amino-alcohol motifs (C(OH)–C–C–N with tert-alkyl or cyclic N) is 1. The van der Waals surface area contributed by atoms with Crippen LogP contribution in [0.3, 0.4) is 0 Å². The van der Waals surface area contributed by atoms with Gasteiger partial charge in [0.2, 0.25) is 17.8 Å². The summed E-state index contributed by atoms with van der Waals surface area (Å²) in [6, 6.07) is 10.9. The SMILES string of the molecule is Cc1cc(S(=O)(=O)/N=C/C2CC(N3C4CC3CN(CC3CCN(c5cccc6c5n(C)c(=O)n6C5CCC(=O)NC5=O)CC3)C4)C2)ccc1Nc1ncc(C(F)(F)F)c(N2CCC[C@](C)(O)C2)n1. The Hall–Kier alpha value is -5.38. The maximum Gasteiger partial charge on any atom is 0.421 e. The number of imide groups is 1. The number of amides is 2. The van der Waals surface area contributed by atoms with Gasteiger partial charge in [-0.3, -0.25) is 33.8 Å². The molecule has 4 aromatic rings. The summed E-state index contributed by atoms with van der Waals surface area (Å²) in [6.07, 6.45) is 3.99.